The number of ether oxygens (including phenoxy) is 1. The van der Waals surface area contributed by atoms with Gasteiger partial charge in [-0.3, -0.25) is 0 Å². The molecule has 5 heteroatoms. The van der Waals surface area contributed by atoms with Crippen molar-refractivity contribution in [3.8, 4) is 5.75 Å². The van der Waals surface area contributed by atoms with Gasteiger partial charge in [-0.2, -0.15) is 4.98 Å². The summed E-state index contributed by atoms with van der Waals surface area (Å²) in [5.74, 6) is 2.20. The van der Waals surface area contributed by atoms with E-state index in [-0.39, 0.29) is 5.41 Å². The molecule has 2 aromatic carbocycles. The van der Waals surface area contributed by atoms with E-state index < -0.39 is 0 Å². The second kappa shape index (κ2) is 8.30. The van der Waals surface area contributed by atoms with Crippen molar-refractivity contribution in [2.75, 3.05) is 17.7 Å². The van der Waals surface area contributed by atoms with E-state index >= 15 is 0 Å². The normalized spacial score (nSPS) is 11.2. The first-order valence-electron chi connectivity index (χ1n) is 9.45. The van der Waals surface area contributed by atoms with Gasteiger partial charge < -0.3 is 15.4 Å². The molecule has 0 aliphatic heterocycles. The Hall–Kier alpha value is -3.08. The second-order valence-corrected chi connectivity index (χ2v) is 7.80. The highest BCUT2D eigenvalue weighted by Gasteiger charge is 2.18. The van der Waals surface area contributed by atoms with Crippen molar-refractivity contribution < 1.29 is 4.74 Å². The third-order valence-corrected chi connectivity index (χ3v) is 4.48. The smallest absolute Gasteiger partial charge is 0.225 e. The molecule has 0 aliphatic carbocycles. The Morgan fingerprint density at radius 3 is 2.43 bits per heavy atom. The average Bonchev–Trinajstić information content (AvgIpc) is 2.66. The number of hydrogen-bond donors (Lipinski definition) is 2. The molecule has 3 rings (SSSR count). The highest BCUT2D eigenvalue weighted by Crippen LogP contribution is 2.31. The van der Waals surface area contributed by atoms with E-state index in [9.17, 15) is 0 Å². The number of aryl methyl sites for hydroxylation is 1. The average molecular weight is 377 g/mol. The van der Waals surface area contributed by atoms with Crippen molar-refractivity contribution in [3.05, 3.63) is 71.4 Å². The summed E-state index contributed by atoms with van der Waals surface area (Å²) in [6.45, 7) is 9.18. The number of anilines is 3. The van der Waals surface area contributed by atoms with Gasteiger partial charge in [0.05, 0.1) is 7.11 Å². The van der Waals surface area contributed by atoms with Crippen LogP contribution in [-0.4, -0.2) is 17.1 Å². The minimum absolute atomic E-state index is 0.0383. The summed E-state index contributed by atoms with van der Waals surface area (Å²) in [7, 11) is 1.68. The first kappa shape index (κ1) is 19.7. The van der Waals surface area contributed by atoms with Crippen molar-refractivity contribution in [1.29, 1.82) is 0 Å². The Morgan fingerprint density at radius 2 is 1.68 bits per heavy atom. The Kier molecular flexibility index (Phi) is 5.83. The molecule has 0 saturated heterocycles. The first-order chi connectivity index (χ1) is 13.4. The molecular formula is C23H28N4O. The molecule has 28 heavy (non-hydrogen) atoms. The zero-order valence-electron chi connectivity index (χ0n) is 17.2. The van der Waals surface area contributed by atoms with E-state index in [4.69, 9.17) is 4.74 Å². The van der Waals surface area contributed by atoms with Gasteiger partial charge in [-0.1, -0.05) is 57.2 Å². The third-order valence-electron chi connectivity index (χ3n) is 4.48. The fraction of sp³-hybridized carbons (Fsp3) is 0.304. The highest BCUT2D eigenvalue weighted by atomic mass is 16.5. The summed E-state index contributed by atoms with van der Waals surface area (Å²) in [6, 6.07) is 18.2. The van der Waals surface area contributed by atoms with Gasteiger partial charge in [0.15, 0.2) is 0 Å². The predicted octanol–water partition coefficient (Wildman–Crippen LogP) is 5.45. The van der Waals surface area contributed by atoms with Crippen LogP contribution in [0.4, 0.5) is 17.5 Å². The van der Waals surface area contributed by atoms with Crippen molar-refractivity contribution in [1.82, 2.24) is 9.97 Å². The highest BCUT2D eigenvalue weighted by molar-refractivity contribution is 5.63. The van der Waals surface area contributed by atoms with Crippen LogP contribution >= 0.6 is 0 Å². The third kappa shape index (κ3) is 4.80. The Bertz CT molecular complexity index is 947. The van der Waals surface area contributed by atoms with E-state index in [0.29, 0.717) is 12.5 Å². The maximum absolute atomic E-state index is 5.41. The van der Waals surface area contributed by atoms with Crippen LogP contribution in [0.15, 0.2) is 54.6 Å². The lowest BCUT2D eigenvalue weighted by Crippen LogP contribution is -2.14. The van der Waals surface area contributed by atoms with Crippen LogP contribution in [0.25, 0.3) is 0 Å². The molecule has 1 heterocycles. The van der Waals surface area contributed by atoms with E-state index in [1.807, 2.05) is 43.3 Å². The Labute approximate surface area is 167 Å². The van der Waals surface area contributed by atoms with E-state index in [0.717, 1.165) is 28.5 Å². The summed E-state index contributed by atoms with van der Waals surface area (Å²) < 4.78 is 5.41. The lowest BCUT2D eigenvalue weighted by molar-refractivity contribution is 0.410. The lowest BCUT2D eigenvalue weighted by Gasteiger charge is -2.23. The van der Waals surface area contributed by atoms with E-state index in [1.165, 1.54) is 5.56 Å². The largest absolute Gasteiger partial charge is 0.496 e. The van der Waals surface area contributed by atoms with Crippen LogP contribution in [0, 0.1) is 6.92 Å². The van der Waals surface area contributed by atoms with Gasteiger partial charge in [0.2, 0.25) is 5.95 Å². The van der Waals surface area contributed by atoms with Gasteiger partial charge in [0, 0.05) is 29.6 Å². The van der Waals surface area contributed by atoms with Gasteiger partial charge in [-0.15, -0.1) is 0 Å². The molecule has 146 valence electrons. The van der Waals surface area contributed by atoms with Crippen LogP contribution in [0.2, 0.25) is 0 Å². The van der Waals surface area contributed by atoms with Crippen molar-refractivity contribution >= 4 is 17.5 Å². The van der Waals surface area contributed by atoms with E-state index in [1.54, 1.807) is 7.11 Å². The van der Waals surface area contributed by atoms with Gasteiger partial charge in [-0.25, -0.2) is 4.98 Å². The van der Waals surface area contributed by atoms with Crippen molar-refractivity contribution in [3.63, 3.8) is 0 Å². The predicted molar refractivity (Wildman–Crippen MR) is 116 cm³/mol. The topological polar surface area (TPSA) is 59.1 Å². The zero-order valence-corrected chi connectivity index (χ0v) is 17.2. The SMILES string of the molecule is COc1ccccc1CNc1nc(C)cc(Nc2ccccc2C(C)(C)C)n1. The maximum Gasteiger partial charge on any atom is 0.225 e. The molecule has 0 fully saturated rings. The van der Waals surface area contributed by atoms with Crippen LogP contribution in [-0.2, 0) is 12.0 Å². The molecule has 0 unspecified atom stereocenters. The maximum atomic E-state index is 5.41. The number of nitrogens with zero attached hydrogens (tertiary/aromatic N) is 2. The van der Waals surface area contributed by atoms with Crippen LogP contribution < -0.4 is 15.4 Å². The minimum Gasteiger partial charge on any atom is -0.496 e. The molecule has 1 aromatic heterocycles. The summed E-state index contributed by atoms with van der Waals surface area (Å²) >= 11 is 0. The fourth-order valence-corrected chi connectivity index (χ4v) is 3.12. The van der Waals surface area contributed by atoms with Crippen molar-refractivity contribution in [2.24, 2.45) is 0 Å². The molecule has 3 aromatic rings. The number of rotatable bonds is 6. The summed E-state index contributed by atoms with van der Waals surface area (Å²) in [6.07, 6.45) is 0. The Balaban J connectivity index is 1.81. The molecule has 0 amide bonds. The molecule has 0 atom stereocenters. The lowest BCUT2D eigenvalue weighted by atomic mass is 9.86. The van der Waals surface area contributed by atoms with Gasteiger partial charge >= 0.3 is 0 Å². The number of hydrogen-bond acceptors (Lipinski definition) is 5. The molecule has 0 bridgehead atoms. The minimum atomic E-state index is 0.0383. The summed E-state index contributed by atoms with van der Waals surface area (Å²) in [5, 5.41) is 6.77. The molecular weight excluding hydrogens is 348 g/mol. The number of aromatic nitrogens is 2. The number of benzene rings is 2. The molecule has 2 N–H and O–H groups in total. The number of nitrogens with one attached hydrogen (secondary N) is 2. The quantitative estimate of drug-likeness (QED) is 0.599. The molecule has 0 saturated carbocycles. The first-order valence-corrected chi connectivity index (χ1v) is 9.45. The molecule has 0 aliphatic rings. The molecule has 5 nitrogen and oxygen atoms in total. The van der Waals surface area contributed by atoms with Gasteiger partial charge in [-0.05, 0) is 30.0 Å². The van der Waals surface area contributed by atoms with Crippen LogP contribution in [0.3, 0.4) is 0 Å². The van der Waals surface area contributed by atoms with Gasteiger partial charge in [0.25, 0.3) is 0 Å². The van der Waals surface area contributed by atoms with Gasteiger partial charge in [0.1, 0.15) is 11.6 Å². The van der Waals surface area contributed by atoms with Crippen molar-refractivity contribution in [2.45, 2.75) is 39.7 Å². The van der Waals surface area contributed by atoms with Crippen LogP contribution in [0.5, 0.6) is 5.75 Å². The van der Waals surface area contributed by atoms with Crippen LogP contribution in [0.1, 0.15) is 37.6 Å². The number of methoxy groups -OCH3 is 1. The summed E-state index contributed by atoms with van der Waals surface area (Å²) in [4.78, 5) is 9.16. The molecule has 0 spiro atoms. The number of para-hydroxylation sites is 2. The summed E-state index contributed by atoms with van der Waals surface area (Å²) in [5.41, 5.74) is 4.30. The monoisotopic (exact) mass is 376 g/mol. The standard InChI is InChI=1S/C23H28N4O/c1-16-14-21(26-19-12-8-7-11-18(19)23(2,3)4)27-22(25-16)24-15-17-10-6-9-13-20(17)28-5/h6-14H,15H2,1-5H3,(H2,24,25,26,27). The Morgan fingerprint density at radius 1 is 0.964 bits per heavy atom. The second-order valence-electron chi connectivity index (χ2n) is 7.80. The zero-order chi connectivity index (χ0) is 20.1. The van der Waals surface area contributed by atoms with E-state index in [2.05, 4.69) is 59.6 Å². The fourth-order valence-electron chi connectivity index (χ4n) is 3.12. The molecule has 0 radical (unpaired) electrons.